The molecule has 2 aliphatic carbocycles. The summed E-state index contributed by atoms with van der Waals surface area (Å²) >= 11 is 12.2. The lowest BCUT2D eigenvalue weighted by Gasteiger charge is -2.27. The van der Waals surface area contributed by atoms with Gasteiger partial charge in [0, 0.05) is 80.5 Å². The first-order valence-electron chi connectivity index (χ1n) is 30.5. The molecule has 3 fully saturated rings. The molecule has 0 aromatic heterocycles. The summed E-state index contributed by atoms with van der Waals surface area (Å²) in [6.45, 7) is 5.82. The maximum Gasteiger partial charge on any atom is 0.258 e. The molecule has 2 saturated carbocycles. The Morgan fingerprint density at radius 1 is 0.571 bits per heavy atom. The molecule has 1 saturated heterocycles. The topological polar surface area (TPSA) is 208 Å². The maximum absolute atomic E-state index is 14.1. The van der Waals surface area contributed by atoms with Gasteiger partial charge >= 0.3 is 0 Å². The van der Waals surface area contributed by atoms with Crippen molar-refractivity contribution in [2.75, 3.05) is 100 Å². The van der Waals surface area contributed by atoms with E-state index in [-0.39, 0.29) is 80.3 Å². The van der Waals surface area contributed by atoms with E-state index in [1.54, 1.807) is 53.5 Å². The number of methoxy groups -OCH3 is 2. The molecule has 3 aliphatic heterocycles. The highest BCUT2D eigenvalue weighted by molar-refractivity contribution is 6.35. The molecule has 0 bridgehead atoms. The van der Waals surface area contributed by atoms with Crippen LogP contribution in [0.15, 0.2) is 145 Å². The highest BCUT2D eigenvalue weighted by atomic mass is 35.5. The van der Waals surface area contributed by atoms with E-state index in [0.29, 0.717) is 42.1 Å². The van der Waals surface area contributed by atoms with Crippen molar-refractivity contribution in [2.24, 2.45) is 10.8 Å². The number of para-hydroxylation sites is 2. The highest BCUT2D eigenvalue weighted by Gasteiger charge is 2.42. The number of carbonyl (C=O) groups excluding carboxylic acids is 6. The fourth-order valence-electron chi connectivity index (χ4n) is 13.0. The van der Waals surface area contributed by atoms with E-state index in [2.05, 4.69) is 38.3 Å². The van der Waals surface area contributed by atoms with Gasteiger partial charge in [-0.15, -0.1) is 0 Å². The highest BCUT2D eigenvalue weighted by Crippen LogP contribution is 2.51. The summed E-state index contributed by atoms with van der Waals surface area (Å²) in [5.74, 6) is -2.44. The molecule has 0 radical (unpaired) electrons. The van der Waals surface area contributed by atoms with E-state index in [1.165, 1.54) is 38.5 Å². The van der Waals surface area contributed by atoms with Gasteiger partial charge in [-0.1, -0.05) is 70.7 Å². The van der Waals surface area contributed by atoms with Gasteiger partial charge < -0.3 is 50.4 Å². The van der Waals surface area contributed by atoms with Gasteiger partial charge in [0.25, 0.3) is 23.6 Å². The fourth-order valence-corrected chi connectivity index (χ4v) is 13.4. The minimum atomic E-state index is -0.607. The van der Waals surface area contributed by atoms with Crippen molar-refractivity contribution in [3.8, 4) is 11.5 Å². The van der Waals surface area contributed by atoms with Crippen LogP contribution in [0.4, 0.5) is 31.5 Å². The van der Waals surface area contributed by atoms with Crippen molar-refractivity contribution in [1.82, 2.24) is 15.5 Å². The smallest absolute Gasteiger partial charge is 0.258 e. The maximum atomic E-state index is 14.1. The quantitative estimate of drug-likeness (QED) is 0.0611. The average Bonchev–Trinajstić information content (AvgIpc) is 1.76. The molecule has 0 unspecified atom stereocenters. The number of benzene rings is 6. The Morgan fingerprint density at radius 3 is 1.47 bits per heavy atom. The zero-order chi connectivity index (χ0) is 64.2. The number of morpholine rings is 1. The third-order valence-electron chi connectivity index (χ3n) is 17.7. The monoisotopic (exact) mass is 1280 g/mol. The Hall–Kier alpha value is -8.46. The van der Waals surface area contributed by atoms with Gasteiger partial charge in [0.05, 0.1) is 66.6 Å². The molecule has 11 rings (SSSR count). The van der Waals surface area contributed by atoms with Crippen LogP contribution in [-0.4, -0.2) is 125 Å². The first-order valence-corrected chi connectivity index (χ1v) is 31.2. The number of nitrogens with zero attached hydrogens (tertiary/aromatic N) is 3. The number of amides is 6. The Kier molecular flexibility index (Phi) is 21.3. The van der Waals surface area contributed by atoms with Crippen LogP contribution in [0.5, 0.6) is 11.5 Å². The lowest BCUT2D eigenvalue weighted by atomic mass is 9.77. The molecule has 6 aromatic rings. The van der Waals surface area contributed by atoms with E-state index in [1.807, 2.05) is 41.3 Å². The van der Waals surface area contributed by atoms with Crippen molar-refractivity contribution >= 4 is 81.4 Å². The molecular formula is C70H73Cl2F2N7O10. The largest absolute Gasteiger partial charge is 0.495 e. The van der Waals surface area contributed by atoms with E-state index < -0.39 is 23.4 Å². The number of carbonyl (C=O) groups is 6. The second kappa shape index (κ2) is 29.7. The number of fused-ring (bicyclic) bond motifs is 2. The normalized spacial score (nSPS) is 19.5. The van der Waals surface area contributed by atoms with Gasteiger partial charge in [-0.2, -0.15) is 0 Å². The van der Waals surface area contributed by atoms with Gasteiger partial charge in [0.15, 0.2) is 0 Å². The number of ether oxygens (including phenoxy) is 3. The van der Waals surface area contributed by atoms with E-state index in [9.17, 15) is 37.5 Å². The molecule has 21 heteroatoms. The van der Waals surface area contributed by atoms with Crippen molar-refractivity contribution in [2.45, 2.75) is 64.2 Å². The van der Waals surface area contributed by atoms with Crippen molar-refractivity contribution < 1.29 is 56.9 Å². The molecule has 3 heterocycles. The summed E-state index contributed by atoms with van der Waals surface area (Å²) < 4.78 is 43.9. The first-order chi connectivity index (χ1) is 43.9. The van der Waals surface area contributed by atoms with Crippen molar-refractivity contribution in [3.05, 3.63) is 200 Å². The molecule has 2 atom stereocenters. The van der Waals surface area contributed by atoms with E-state index in [0.717, 1.165) is 143 Å². The number of allylic oxidation sites excluding steroid dienone is 2. The van der Waals surface area contributed by atoms with Crippen LogP contribution in [0, 0.1) is 22.5 Å². The summed E-state index contributed by atoms with van der Waals surface area (Å²) in [4.78, 5) is 84.7. The van der Waals surface area contributed by atoms with Gasteiger partial charge in [0.1, 0.15) is 23.1 Å². The van der Waals surface area contributed by atoms with Gasteiger partial charge in [-0.05, 0) is 171 Å². The fraction of sp³-hybridized carbons (Fsp3) is 0.343. The number of anilines is 4. The predicted molar refractivity (Wildman–Crippen MR) is 347 cm³/mol. The molecule has 6 aromatic carbocycles. The third kappa shape index (κ3) is 16.0. The molecule has 2 spiro atoms. The second-order valence-corrected chi connectivity index (χ2v) is 24.5. The van der Waals surface area contributed by atoms with E-state index >= 15 is 0 Å². The molecule has 6 amide bonds. The number of aliphatic hydroxyl groups excluding tert-OH is 1. The number of hydrogen-bond acceptors (Lipinski definition) is 11. The zero-order valence-electron chi connectivity index (χ0n) is 50.8. The van der Waals surface area contributed by atoms with Crippen LogP contribution >= 0.6 is 23.2 Å². The van der Waals surface area contributed by atoms with Crippen LogP contribution in [-0.2, 0) is 27.2 Å². The number of halogens is 4. The summed E-state index contributed by atoms with van der Waals surface area (Å²) in [7, 11) is 2.89. The van der Waals surface area contributed by atoms with Crippen molar-refractivity contribution in [3.63, 3.8) is 0 Å². The molecule has 17 nitrogen and oxygen atoms in total. The van der Waals surface area contributed by atoms with Crippen LogP contribution < -0.4 is 40.5 Å². The minimum absolute atomic E-state index is 0.0108. The van der Waals surface area contributed by atoms with Crippen LogP contribution in [0.3, 0.4) is 0 Å². The Morgan fingerprint density at radius 2 is 1.02 bits per heavy atom. The Balaban J connectivity index is 0.000000201. The first kappa shape index (κ1) is 65.5. The predicted octanol–water partition coefficient (Wildman–Crippen LogP) is 11.4. The summed E-state index contributed by atoms with van der Waals surface area (Å²) in [5.41, 5.74) is 7.40. The van der Waals surface area contributed by atoms with Gasteiger partial charge in [-0.25, -0.2) is 8.78 Å². The lowest BCUT2D eigenvalue weighted by molar-refractivity contribution is -0.117. The Labute approximate surface area is 537 Å². The van der Waals surface area contributed by atoms with Crippen LogP contribution in [0.1, 0.15) is 104 Å². The molecule has 476 valence electrons. The number of nitrogens with one attached hydrogen (secondary N) is 4. The molecule has 5 aliphatic rings. The second-order valence-electron chi connectivity index (χ2n) is 23.7. The summed E-state index contributed by atoms with van der Waals surface area (Å²) in [5, 5.41) is 20.3. The van der Waals surface area contributed by atoms with Crippen molar-refractivity contribution in [1.29, 1.82) is 0 Å². The molecular weight excluding hydrogens is 1210 g/mol. The standard InChI is InChI=1S/C37H40ClFN4O5.C33H33ClFN3O5/c1-47-33-21-26(6-9-31(33)41-35(45)29-22-28(39)7-8-30(29)38)36(46)43-14-12-37(24-27-4-2-3-5-32(27)43)11-10-25(23-37)20-34(44)40-13-15-42-16-18-48-19-17-42;1-43-29-17-22(6-9-27(29)37-31(41)25-18-24(35)7-8-26(25)34)32(42)38-14-12-33(20-23-4-2-3-5-28(23)38)11-10-21(19-33)16-30(40)36-13-15-39/h2-9,20-22H,10-19,23-24H2,1H3,(H,40,44)(H,41,45);2-9,16-18,39H,10-15,19-20H2,1H3,(H,36,40)(H,37,41)/t37-;33-/m11/s1. The third-order valence-corrected chi connectivity index (χ3v) is 18.4. The Bertz CT molecular complexity index is 3800. The molecule has 5 N–H and O–H groups in total. The zero-order valence-corrected chi connectivity index (χ0v) is 52.3. The number of rotatable bonds is 15. The van der Waals surface area contributed by atoms with Gasteiger partial charge in [0.2, 0.25) is 11.8 Å². The number of aliphatic hydroxyl groups is 1. The van der Waals surface area contributed by atoms with E-state index in [4.69, 9.17) is 42.5 Å². The summed E-state index contributed by atoms with van der Waals surface area (Å²) in [6.07, 6.45) is 11.7. The van der Waals surface area contributed by atoms with Crippen LogP contribution in [0.2, 0.25) is 10.0 Å². The van der Waals surface area contributed by atoms with Gasteiger partial charge in [-0.3, -0.25) is 33.7 Å². The number of hydrogen-bond donors (Lipinski definition) is 5. The minimum Gasteiger partial charge on any atom is -0.495 e. The average molecular weight is 1280 g/mol. The SMILES string of the molecule is COc1cc(C(=O)N2CC[C@@]3(CCC(=CC(=O)NCCN4CCOCC4)C3)Cc3ccccc32)ccc1NC(=O)c1cc(F)ccc1Cl.COc1cc(C(=O)N2CC[C@@]3(CCC(=CC(=O)NCCO)C3)Cc3ccccc32)ccc1NC(=O)c1cc(F)ccc1Cl. The molecule has 91 heavy (non-hydrogen) atoms. The van der Waals surface area contributed by atoms with Crippen LogP contribution in [0.25, 0.3) is 0 Å². The lowest BCUT2D eigenvalue weighted by Crippen LogP contribution is -2.41. The summed E-state index contributed by atoms with van der Waals surface area (Å²) in [6, 6.07) is 32.6.